The van der Waals surface area contributed by atoms with Crippen LogP contribution in [0.3, 0.4) is 0 Å². The number of hydrogen-bond donors (Lipinski definition) is 2. The first-order valence-electron chi connectivity index (χ1n) is 4.96. The molecule has 2 atom stereocenters. The van der Waals surface area contributed by atoms with Gasteiger partial charge in [-0.2, -0.15) is 5.10 Å². The molecule has 1 aliphatic rings. The normalized spacial score (nSPS) is 33.8. The van der Waals surface area contributed by atoms with Crippen molar-refractivity contribution in [2.75, 3.05) is 13.1 Å². The SMILES string of the molecule is CCC1(C)CNCC1c1ccn[nH]1. The lowest BCUT2D eigenvalue weighted by Crippen LogP contribution is -2.24. The Balaban J connectivity index is 2.24. The summed E-state index contributed by atoms with van der Waals surface area (Å²) in [5.74, 6) is 0.597. The zero-order chi connectivity index (χ0) is 9.31. The summed E-state index contributed by atoms with van der Waals surface area (Å²) >= 11 is 0. The number of nitrogens with zero attached hydrogens (tertiary/aromatic N) is 1. The first kappa shape index (κ1) is 8.75. The van der Waals surface area contributed by atoms with Gasteiger partial charge in [0.2, 0.25) is 0 Å². The number of H-pyrrole nitrogens is 1. The van der Waals surface area contributed by atoms with Gasteiger partial charge >= 0.3 is 0 Å². The smallest absolute Gasteiger partial charge is 0.0490 e. The predicted octanol–water partition coefficient (Wildman–Crippen LogP) is 1.51. The van der Waals surface area contributed by atoms with Crippen molar-refractivity contribution < 1.29 is 0 Å². The zero-order valence-electron chi connectivity index (χ0n) is 8.30. The van der Waals surface area contributed by atoms with Gasteiger partial charge in [-0.15, -0.1) is 0 Å². The molecule has 1 aromatic rings. The fraction of sp³-hybridized carbons (Fsp3) is 0.700. The van der Waals surface area contributed by atoms with Gasteiger partial charge in [0.1, 0.15) is 0 Å². The number of aromatic nitrogens is 2. The molecule has 2 N–H and O–H groups in total. The third-order valence-corrected chi connectivity index (χ3v) is 3.42. The van der Waals surface area contributed by atoms with Crippen LogP contribution in [-0.4, -0.2) is 23.3 Å². The van der Waals surface area contributed by atoms with E-state index >= 15 is 0 Å². The lowest BCUT2D eigenvalue weighted by molar-refractivity contribution is 0.304. The molecule has 3 nitrogen and oxygen atoms in total. The molecule has 0 spiro atoms. The molecular formula is C10H17N3. The van der Waals surface area contributed by atoms with E-state index in [1.165, 1.54) is 12.1 Å². The summed E-state index contributed by atoms with van der Waals surface area (Å²) in [6.45, 7) is 6.80. The molecule has 1 aromatic heterocycles. The summed E-state index contributed by atoms with van der Waals surface area (Å²) in [6, 6.07) is 2.09. The van der Waals surface area contributed by atoms with E-state index in [0.29, 0.717) is 11.3 Å². The summed E-state index contributed by atoms with van der Waals surface area (Å²) in [5, 5.41) is 10.5. The molecule has 0 aromatic carbocycles. The topological polar surface area (TPSA) is 40.7 Å². The molecule has 0 aliphatic carbocycles. The van der Waals surface area contributed by atoms with E-state index in [0.717, 1.165) is 13.1 Å². The van der Waals surface area contributed by atoms with Crippen LogP contribution in [0.5, 0.6) is 0 Å². The standard InChI is InChI=1S/C10H17N3/c1-3-10(2)7-11-6-8(10)9-4-5-12-13-9/h4-5,8,11H,3,6-7H2,1-2H3,(H,12,13). The Bertz CT molecular complexity index is 268. The minimum atomic E-state index is 0.395. The van der Waals surface area contributed by atoms with Crippen LogP contribution in [0.4, 0.5) is 0 Å². The van der Waals surface area contributed by atoms with E-state index < -0.39 is 0 Å². The van der Waals surface area contributed by atoms with Gasteiger partial charge in [0, 0.05) is 30.9 Å². The molecule has 2 heterocycles. The van der Waals surface area contributed by atoms with Crippen molar-refractivity contribution in [3.05, 3.63) is 18.0 Å². The average molecular weight is 179 g/mol. The first-order valence-corrected chi connectivity index (χ1v) is 4.96. The van der Waals surface area contributed by atoms with Crippen LogP contribution in [-0.2, 0) is 0 Å². The van der Waals surface area contributed by atoms with Crippen molar-refractivity contribution in [3.8, 4) is 0 Å². The maximum atomic E-state index is 4.01. The van der Waals surface area contributed by atoms with E-state index in [-0.39, 0.29) is 0 Å². The highest BCUT2D eigenvalue weighted by Crippen LogP contribution is 2.40. The minimum absolute atomic E-state index is 0.395. The van der Waals surface area contributed by atoms with Gasteiger partial charge in [-0.3, -0.25) is 5.10 Å². The first-order chi connectivity index (χ1) is 6.26. The second kappa shape index (κ2) is 3.14. The van der Waals surface area contributed by atoms with Crippen LogP contribution < -0.4 is 5.32 Å². The van der Waals surface area contributed by atoms with E-state index in [9.17, 15) is 0 Å². The highest BCUT2D eigenvalue weighted by atomic mass is 15.1. The van der Waals surface area contributed by atoms with E-state index in [2.05, 4.69) is 35.4 Å². The Labute approximate surface area is 78.9 Å². The van der Waals surface area contributed by atoms with E-state index in [4.69, 9.17) is 0 Å². The molecule has 0 bridgehead atoms. The molecule has 0 saturated carbocycles. The highest BCUT2D eigenvalue weighted by Gasteiger charge is 2.38. The highest BCUT2D eigenvalue weighted by molar-refractivity contribution is 5.14. The number of nitrogens with one attached hydrogen (secondary N) is 2. The van der Waals surface area contributed by atoms with Crippen molar-refractivity contribution in [1.29, 1.82) is 0 Å². The van der Waals surface area contributed by atoms with Gasteiger partial charge in [0.15, 0.2) is 0 Å². The second-order valence-electron chi connectivity index (χ2n) is 4.20. The van der Waals surface area contributed by atoms with Crippen LogP contribution in [0.2, 0.25) is 0 Å². The summed E-state index contributed by atoms with van der Waals surface area (Å²) in [7, 11) is 0. The number of aromatic amines is 1. The molecule has 0 radical (unpaired) electrons. The predicted molar refractivity (Wildman–Crippen MR) is 52.6 cm³/mol. The van der Waals surface area contributed by atoms with Crippen LogP contribution in [0.25, 0.3) is 0 Å². The molecule has 1 fully saturated rings. The molecule has 2 unspecified atom stereocenters. The molecule has 1 saturated heterocycles. The van der Waals surface area contributed by atoms with Crippen molar-refractivity contribution in [2.24, 2.45) is 5.41 Å². The molecule has 72 valence electrons. The van der Waals surface area contributed by atoms with Crippen LogP contribution in [0.15, 0.2) is 12.3 Å². The average Bonchev–Trinajstić information content (AvgIpc) is 2.73. The monoisotopic (exact) mass is 179 g/mol. The third kappa shape index (κ3) is 1.37. The van der Waals surface area contributed by atoms with Crippen molar-refractivity contribution in [3.63, 3.8) is 0 Å². The molecule has 0 amide bonds. The number of hydrogen-bond acceptors (Lipinski definition) is 2. The fourth-order valence-corrected chi connectivity index (χ4v) is 2.19. The lowest BCUT2D eigenvalue weighted by Gasteiger charge is -2.28. The van der Waals surface area contributed by atoms with Gasteiger partial charge in [-0.05, 0) is 17.9 Å². The summed E-state index contributed by atoms with van der Waals surface area (Å²) in [5.41, 5.74) is 1.67. The van der Waals surface area contributed by atoms with Crippen molar-refractivity contribution in [2.45, 2.75) is 26.2 Å². The van der Waals surface area contributed by atoms with E-state index in [1.54, 1.807) is 0 Å². The van der Waals surface area contributed by atoms with Crippen molar-refractivity contribution >= 4 is 0 Å². The Morgan fingerprint density at radius 1 is 1.69 bits per heavy atom. The van der Waals surface area contributed by atoms with Gasteiger partial charge in [0.05, 0.1) is 0 Å². The maximum absolute atomic E-state index is 4.01. The summed E-state index contributed by atoms with van der Waals surface area (Å²) in [4.78, 5) is 0. The molecule has 1 aliphatic heterocycles. The van der Waals surface area contributed by atoms with Crippen LogP contribution >= 0.6 is 0 Å². The van der Waals surface area contributed by atoms with Gasteiger partial charge in [0.25, 0.3) is 0 Å². The minimum Gasteiger partial charge on any atom is -0.315 e. The lowest BCUT2D eigenvalue weighted by atomic mass is 9.76. The fourth-order valence-electron chi connectivity index (χ4n) is 2.19. The van der Waals surface area contributed by atoms with Crippen LogP contribution in [0.1, 0.15) is 31.9 Å². The molecule has 3 heteroatoms. The molecular weight excluding hydrogens is 162 g/mol. The molecule has 2 rings (SSSR count). The largest absolute Gasteiger partial charge is 0.315 e. The van der Waals surface area contributed by atoms with Gasteiger partial charge in [-0.1, -0.05) is 13.8 Å². The quantitative estimate of drug-likeness (QED) is 0.722. The Hall–Kier alpha value is -0.830. The van der Waals surface area contributed by atoms with E-state index in [1.807, 2.05) is 6.20 Å². The summed E-state index contributed by atoms with van der Waals surface area (Å²) < 4.78 is 0. The Morgan fingerprint density at radius 3 is 3.15 bits per heavy atom. The maximum Gasteiger partial charge on any atom is 0.0490 e. The Morgan fingerprint density at radius 2 is 2.54 bits per heavy atom. The van der Waals surface area contributed by atoms with Crippen molar-refractivity contribution in [1.82, 2.24) is 15.5 Å². The second-order valence-corrected chi connectivity index (χ2v) is 4.20. The van der Waals surface area contributed by atoms with Gasteiger partial charge in [-0.25, -0.2) is 0 Å². The number of rotatable bonds is 2. The third-order valence-electron chi connectivity index (χ3n) is 3.42. The summed E-state index contributed by atoms with van der Waals surface area (Å²) in [6.07, 6.45) is 3.05. The zero-order valence-corrected chi connectivity index (χ0v) is 8.30. The Kier molecular flexibility index (Phi) is 2.12. The van der Waals surface area contributed by atoms with Crippen LogP contribution in [0, 0.1) is 5.41 Å². The molecule has 13 heavy (non-hydrogen) atoms. The van der Waals surface area contributed by atoms with Gasteiger partial charge < -0.3 is 5.32 Å².